The lowest BCUT2D eigenvalue weighted by atomic mass is 10.2. The van der Waals surface area contributed by atoms with Crippen LogP contribution in [0.2, 0.25) is 0 Å². The van der Waals surface area contributed by atoms with Crippen LogP contribution in [-0.2, 0) is 4.74 Å². The van der Waals surface area contributed by atoms with Crippen molar-refractivity contribution in [1.29, 1.82) is 0 Å². The zero-order chi connectivity index (χ0) is 18.0. The maximum Gasteiger partial charge on any atom is 0.407 e. The number of nitrogens with zero attached hydrogens (tertiary/aromatic N) is 2. The molecule has 3 N–H and O–H groups in total. The lowest BCUT2D eigenvalue weighted by Gasteiger charge is -2.24. The molecule has 0 spiro atoms. The van der Waals surface area contributed by atoms with Crippen LogP contribution in [0.3, 0.4) is 0 Å². The standard InChI is InChI=1S/C17H35N5O2.HI/c1-6-22-12-7-9-14(22)13-21-15(18-5)19-10-8-11-20-16(23)24-17(2,3)4;/h14H,6-13H2,1-5H3,(H,20,23)(H2,18,19,21);1H. The van der Waals surface area contributed by atoms with Crippen molar-refractivity contribution in [3.05, 3.63) is 0 Å². The molecule has 0 saturated carbocycles. The fraction of sp³-hybridized carbons (Fsp3) is 0.882. The van der Waals surface area contributed by atoms with Crippen molar-refractivity contribution in [2.24, 2.45) is 4.99 Å². The number of hydrogen-bond acceptors (Lipinski definition) is 4. The zero-order valence-electron chi connectivity index (χ0n) is 16.4. The third-order valence-corrected chi connectivity index (χ3v) is 3.95. The first-order chi connectivity index (χ1) is 11.4. The molecule has 1 heterocycles. The van der Waals surface area contributed by atoms with E-state index < -0.39 is 5.60 Å². The van der Waals surface area contributed by atoms with Gasteiger partial charge < -0.3 is 20.7 Å². The van der Waals surface area contributed by atoms with Gasteiger partial charge in [-0.2, -0.15) is 0 Å². The number of ether oxygens (including phenoxy) is 1. The first kappa shape index (κ1) is 24.2. The van der Waals surface area contributed by atoms with Crippen LogP contribution in [0.4, 0.5) is 4.79 Å². The molecular formula is C17H36IN5O2. The molecule has 25 heavy (non-hydrogen) atoms. The molecule has 0 aliphatic carbocycles. The Hall–Kier alpha value is -0.770. The van der Waals surface area contributed by atoms with Crippen LogP contribution < -0.4 is 16.0 Å². The highest BCUT2D eigenvalue weighted by Crippen LogP contribution is 2.15. The Bertz CT molecular complexity index is 412. The van der Waals surface area contributed by atoms with Gasteiger partial charge in [0.25, 0.3) is 0 Å². The van der Waals surface area contributed by atoms with E-state index in [-0.39, 0.29) is 30.1 Å². The number of nitrogens with one attached hydrogen (secondary N) is 3. The molecule has 1 saturated heterocycles. The van der Waals surface area contributed by atoms with Crippen molar-refractivity contribution in [2.75, 3.05) is 39.8 Å². The molecule has 7 nitrogen and oxygen atoms in total. The van der Waals surface area contributed by atoms with Gasteiger partial charge in [0.05, 0.1) is 0 Å². The second kappa shape index (κ2) is 12.6. The summed E-state index contributed by atoms with van der Waals surface area (Å²) in [6.45, 7) is 12.3. The van der Waals surface area contributed by atoms with Crippen LogP contribution in [0.1, 0.15) is 47.0 Å². The number of carbonyl (C=O) groups is 1. The Balaban J connectivity index is 0.00000576. The first-order valence-electron chi connectivity index (χ1n) is 9.01. The SMILES string of the molecule is CCN1CCCC1CNC(=NC)NCCCNC(=O)OC(C)(C)C.I. The second-order valence-electron chi connectivity index (χ2n) is 7.09. The van der Waals surface area contributed by atoms with E-state index >= 15 is 0 Å². The Morgan fingerprint density at radius 2 is 1.92 bits per heavy atom. The van der Waals surface area contributed by atoms with Gasteiger partial charge >= 0.3 is 6.09 Å². The molecule has 1 unspecified atom stereocenters. The molecule has 1 aliphatic heterocycles. The molecule has 0 aromatic rings. The normalized spacial score (nSPS) is 18.4. The average molecular weight is 469 g/mol. The fourth-order valence-corrected chi connectivity index (χ4v) is 2.78. The topological polar surface area (TPSA) is 78.0 Å². The molecule has 1 aliphatic rings. The summed E-state index contributed by atoms with van der Waals surface area (Å²) in [4.78, 5) is 18.3. The van der Waals surface area contributed by atoms with E-state index in [0.717, 1.165) is 32.0 Å². The number of guanidine groups is 1. The van der Waals surface area contributed by atoms with Gasteiger partial charge in [0.2, 0.25) is 0 Å². The molecule has 1 rings (SSSR count). The van der Waals surface area contributed by atoms with E-state index in [9.17, 15) is 4.79 Å². The number of amides is 1. The van der Waals surface area contributed by atoms with Gasteiger partial charge in [-0.15, -0.1) is 24.0 Å². The van der Waals surface area contributed by atoms with Gasteiger partial charge in [0.15, 0.2) is 5.96 Å². The number of likely N-dealkylation sites (tertiary alicyclic amines) is 1. The molecule has 1 amide bonds. The van der Waals surface area contributed by atoms with Crippen molar-refractivity contribution in [1.82, 2.24) is 20.9 Å². The summed E-state index contributed by atoms with van der Waals surface area (Å²) in [6, 6.07) is 0.599. The lowest BCUT2D eigenvalue weighted by Crippen LogP contribution is -2.45. The Kier molecular flexibility index (Phi) is 12.2. The van der Waals surface area contributed by atoms with E-state index in [1.165, 1.54) is 19.4 Å². The highest BCUT2D eigenvalue weighted by atomic mass is 127. The summed E-state index contributed by atoms with van der Waals surface area (Å²) in [6.07, 6.45) is 2.97. The molecule has 1 atom stereocenters. The first-order valence-corrected chi connectivity index (χ1v) is 9.01. The largest absolute Gasteiger partial charge is 0.444 e. The number of rotatable bonds is 7. The monoisotopic (exact) mass is 469 g/mol. The molecule has 0 aromatic carbocycles. The molecule has 0 bridgehead atoms. The summed E-state index contributed by atoms with van der Waals surface area (Å²) >= 11 is 0. The minimum atomic E-state index is -0.457. The fourth-order valence-electron chi connectivity index (χ4n) is 2.78. The highest BCUT2D eigenvalue weighted by Gasteiger charge is 2.22. The summed E-state index contributed by atoms with van der Waals surface area (Å²) in [5.74, 6) is 0.815. The van der Waals surface area contributed by atoms with Crippen molar-refractivity contribution in [3.8, 4) is 0 Å². The summed E-state index contributed by atoms with van der Waals surface area (Å²) < 4.78 is 5.19. The molecule has 148 valence electrons. The van der Waals surface area contributed by atoms with E-state index in [0.29, 0.717) is 12.6 Å². The number of carbonyl (C=O) groups excluding carboxylic acids is 1. The smallest absolute Gasteiger partial charge is 0.407 e. The molecule has 0 aromatic heterocycles. The number of halogens is 1. The summed E-state index contributed by atoms with van der Waals surface area (Å²) in [7, 11) is 1.78. The van der Waals surface area contributed by atoms with Crippen LogP contribution in [0.15, 0.2) is 4.99 Å². The van der Waals surface area contributed by atoms with E-state index in [1.807, 2.05) is 20.8 Å². The summed E-state index contributed by atoms with van der Waals surface area (Å²) in [5.41, 5.74) is -0.457. The van der Waals surface area contributed by atoms with E-state index in [1.54, 1.807) is 7.05 Å². The molecule has 1 fully saturated rings. The molecule has 0 radical (unpaired) electrons. The van der Waals surface area contributed by atoms with Crippen molar-refractivity contribution in [3.63, 3.8) is 0 Å². The Labute approximate surface area is 169 Å². The van der Waals surface area contributed by atoms with Gasteiger partial charge in [-0.05, 0) is 53.1 Å². The number of likely N-dealkylation sites (N-methyl/N-ethyl adjacent to an activating group) is 1. The third-order valence-electron chi connectivity index (χ3n) is 3.95. The Morgan fingerprint density at radius 1 is 1.24 bits per heavy atom. The lowest BCUT2D eigenvalue weighted by molar-refractivity contribution is 0.0527. The number of hydrogen-bond donors (Lipinski definition) is 3. The Morgan fingerprint density at radius 3 is 2.52 bits per heavy atom. The highest BCUT2D eigenvalue weighted by molar-refractivity contribution is 14.0. The quantitative estimate of drug-likeness (QED) is 0.231. The van der Waals surface area contributed by atoms with Crippen LogP contribution in [0.25, 0.3) is 0 Å². The van der Waals surface area contributed by atoms with Gasteiger partial charge in [-0.25, -0.2) is 4.79 Å². The average Bonchev–Trinajstić information content (AvgIpc) is 2.95. The minimum Gasteiger partial charge on any atom is -0.444 e. The second-order valence-corrected chi connectivity index (χ2v) is 7.09. The van der Waals surface area contributed by atoms with E-state index in [2.05, 4.69) is 32.8 Å². The zero-order valence-corrected chi connectivity index (χ0v) is 18.7. The minimum absolute atomic E-state index is 0. The number of alkyl carbamates (subject to hydrolysis) is 1. The molecular weight excluding hydrogens is 433 g/mol. The van der Waals surface area contributed by atoms with Gasteiger partial charge in [-0.3, -0.25) is 9.89 Å². The van der Waals surface area contributed by atoms with Crippen LogP contribution in [0.5, 0.6) is 0 Å². The molecule has 8 heteroatoms. The summed E-state index contributed by atoms with van der Waals surface area (Å²) in [5, 5.41) is 9.42. The predicted molar refractivity (Wildman–Crippen MR) is 114 cm³/mol. The maximum atomic E-state index is 11.5. The van der Waals surface area contributed by atoms with Crippen molar-refractivity contribution >= 4 is 36.0 Å². The van der Waals surface area contributed by atoms with Gasteiger partial charge in [0.1, 0.15) is 5.60 Å². The number of aliphatic imine (C=N–C) groups is 1. The third kappa shape index (κ3) is 10.7. The maximum absolute atomic E-state index is 11.5. The van der Waals surface area contributed by atoms with Crippen LogP contribution in [-0.4, -0.2) is 68.4 Å². The van der Waals surface area contributed by atoms with Crippen molar-refractivity contribution in [2.45, 2.75) is 58.6 Å². The predicted octanol–water partition coefficient (Wildman–Crippen LogP) is 2.17. The van der Waals surface area contributed by atoms with Crippen molar-refractivity contribution < 1.29 is 9.53 Å². The van der Waals surface area contributed by atoms with Gasteiger partial charge in [-0.1, -0.05) is 6.92 Å². The van der Waals surface area contributed by atoms with Crippen LogP contribution in [0, 0.1) is 0 Å². The van der Waals surface area contributed by atoms with Gasteiger partial charge in [0, 0.05) is 32.7 Å². The van der Waals surface area contributed by atoms with E-state index in [4.69, 9.17) is 4.74 Å². The van der Waals surface area contributed by atoms with Crippen LogP contribution >= 0.6 is 24.0 Å².